The fourth-order valence-electron chi connectivity index (χ4n) is 3.77. The van der Waals surface area contributed by atoms with E-state index in [0.717, 1.165) is 19.3 Å². The topological polar surface area (TPSA) is 74.1 Å². The van der Waals surface area contributed by atoms with Gasteiger partial charge in [-0.2, -0.15) is 5.10 Å². The van der Waals surface area contributed by atoms with Gasteiger partial charge in [0.25, 0.3) is 0 Å². The van der Waals surface area contributed by atoms with Gasteiger partial charge < -0.3 is 4.74 Å². The molecular weight excluding hydrogens is 366 g/mol. The van der Waals surface area contributed by atoms with Gasteiger partial charge in [-0.05, 0) is 54.5 Å². The number of Topliss-reactive ketones (excluding diaryl/α,β-unsaturated/α-hetero) is 1. The lowest BCUT2D eigenvalue weighted by atomic mass is 10.0. The Kier molecular flexibility index (Phi) is 5.25. The molecule has 0 fully saturated rings. The highest BCUT2D eigenvalue weighted by Gasteiger charge is 2.23. The number of carbonyl (C=O) groups is 2. The molecule has 2 heterocycles. The van der Waals surface area contributed by atoms with E-state index in [9.17, 15) is 9.59 Å². The molecule has 0 aliphatic heterocycles. The standard InChI is InChI=1S/C23H23N3O3/c1-15(2)22-19(13-25-26(22)21-8-3-4-11-24-21)23(28)29-14-20(27)18-10-9-16-6-5-7-17(16)12-18/h3-4,8-13,15H,5-7,14H2,1-2H3. The van der Waals surface area contributed by atoms with Gasteiger partial charge in [-0.15, -0.1) is 0 Å². The molecule has 0 N–H and O–H groups in total. The zero-order chi connectivity index (χ0) is 20.4. The Balaban J connectivity index is 1.50. The molecule has 3 aromatic rings. The maximum Gasteiger partial charge on any atom is 0.342 e. The second-order valence-corrected chi connectivity index (χ2v) is 7.53. The van der Waals surface area contributed by atoms with Crippen LogP contribution in [0.4, 0.5) is 0 Å². The molecule has 0 unspecified atom stereocenters. The molecule has 0 radical (unpaired) electrons. The summed E-state index contributed by atoms with van der Waals surface area (Å²) in [6.45, 7) is 3.66. The van der Waals surface area contributed by atoms with Crippen LogP contribution in [0.25, 0.3) is 5.82 Å². The van der Waals surface area contributed by atoms with Crippen molar-refractivity contribution in [1.29, 1.82) is 0 Å². The molecule has 1 aromatic carbocycles. The number of aromatic nitrogens is 3. The molecule has 1 aliphatic carbocycles. The summed E-state index contributed by atoms with van der Waals surface area (Å²) in [5.74, 6) is -0.0967. The summed E-state index contributed by atoms with van der Waals surface area (Å²) in [5, 5.41) is 4.32. The number of ketones is 1. The Morgan fingerprint density at radius 2 is 1.97 bits per heavy atom. The number of ether oxygens (including phenoxy) is 1. The van der Waals surface area contributed by atoms with Crippen LogP contribution in [0.15, 0.2) is 48.8 Å². The SMILES string of the molecule is CC(C)c1c(C(=O)OCC(=O)c2ccc3c(c2)CCC3)cnn1-c1ccccn1. The fraction of sp³-hybridized carbons (Fsp3) is 0.304. The van der Waals surface area contributed by atoms with E-state index in [4.69, 9.17) is 4.74 Å². The van der Waals surface area contributed by atoms with E-state index >= 15 is 0 Å². The zero-order valence-corrected chi connectivity index (χ0v) is 16.6. The van der Waals surface area contributed by atoms with E-state index in [1.165, 1.54) is 17.3 Å². The van der Waals surface area contributed by atoms with Gasteiger partial charge in [0, 0.05) is 11.8 Å². The molecule has 0 atom stereocenters. The van der Waals surface area contributed by atoms with Crippen molar-refractivity contribution in [1.82, 2.24) is 14.8 Å². The number of aryl methyl sites for hydroxylation is 2. The highest BCUT2D eigenvalue weighted by atomic mass is 16.5. The summed E-state index contributed by atoms with van der Waals surface area (Å²) < 4.78 is 6.98. The molecule has 148 valence electrons. The first-order valence-corrected chi connectivity index (χ1v) is 9.86. The lowest BCUT2D eigenvalue weighted by Gasteiger charge is -2.12. The van der Waals surface area contributed by atoms with Crippen LogP contribution in [0.1, 0.15) is 63.7 Å². The van der Waals surface area contributed by atoms with Crippen LogP contribution >= 0.6 is 0 Å². The van der Waals surface area contributed by atoms with E-state index in [0.29, 0.717) is 22.6 Å². The summed E-state index contributed by atoms with van der Waals surface area (Å²) in [4.78, 5) is 29.5. The molecule has 0 saturated heterocycles. The van der Waals surface area contributed by atoms with Gasteiger partial charge in [-0.3, -0.25) is 4.79 Å². The molecule has 6 heteroatoms. The van der Waals surface area contributed by atoms with Gasteiger partial charge in [0.05, 0.1) is 11.9 Å². The number of fused-ring (bicyclic) bond motifs is 1. The van der Waals surface area contributed by atoms with E-state index in [1.807, 2.05) is 50.2 Å². The Bertz CT molecular complexity index is 1050. The monoisotopic (exact) mass is 389 g/mol. The van der Waals surface area contributed by atoms with Crippen LogP contribution in [0.2, 0.25) is 0 Å². The van der Waals surface area contributed by atoms with Crippen molar-refractivity contribution in [2.24, 2.45) is 0 Å². The predicted molar refractivity (Wildman–Crippen MR) is 109 cm³/mol. The van der Waals surface area contributed by atoms with Gasteiger partial charge in [0.1, 0.15) is 5.56 Å². The summed E-state index contributed by atoms with van der Waals surface area (Å²) in [6.07, 6.45) is 6.35. The van der Waals surface area contributed by atoms with Crippen molar-refractivity contribution >= 4 is 11.8 Å². The number of benzene rings is 1. The van der Waals surface area contributed by atoms with Crippen molar-refractivity contribution in [2.75, 3.05) is 6.61 Å². The maximum atomic E-state index is 12.7. The average Bonchev–Trinajstić information content (AvgIpc) is 3.38. The molecule has 4 rings (SSSR count). The maximum absolute atomic E-state index is 12.7. The normalized spacial score (nSPS) is 12.8. The number of hydrogen-bond donors (Lipinski definition) is 0. The van der Waals surface area contributed by atoms with E-state index in [-0.39, 0.29) is 18.3 Å². The highest BCUT2D eigenvalue weighted by molar-refractivity contribution is 5.99. The van der Waals surface area contributed by atoms with Crippen molar-refractivity contribution in [3.05, 3.63) is 76.7 Å². The molecule has 2 aromatic heterocycles. The molecule has 0 spiro atoms. The second kappa shape index (κ2) is 7.99. The third kappa shape index (κ3) is 3.83. The molecular formula is C23H23N3O3. The van der Waals surface area contributed by atoms with Crippen LogP contribution in [-0.4, -0.2) is 33.1 Å². The Hall–Kier alpha value is -3.28. The predicted octanol–water partition coefficient (Wildman–Crippen LogP) is 3.92. The minimum absolute atomic E-state index is 0.0227. The number of nitrogens with zero attached hydrogens (tertiary/aromatic N) is 3. The second-order valence-electron chi connectivity index (χ2n) is 7.53. The summed E-state index contributed by atoms with van der Waals surface area (Å²) >= 11 is 0. The smallest absolute Gasteiger partial charge is 0.342 e. The number of hydrogen-bond acceptors (Lipinski definition) is 5. The Morgan fingerprint density at radius 3 is 2.72 bits per heavy atom. The molecule has 29 heavy (non-hydrogen) atoms. The minimum atomic E-state index is -0.551. The molecule has 0 amide bonds. The van der Waals surface area contributed by atoms with E-state index < -0.39 is 5.97 Å². The lowest BCUT2D eigenvalue weighted by Crippen LogP contribution is -2.16. The van der Waals surface area contributed by atoms with Crippen LogP contribution in [0.5, 0.6) is 0 Å². The third-order valence-corrected chi connectivity index (χ3v) is 5.19. The van der Waals surface area contributed by atoms with Crippen molar-refractivity contribution in [3.63, 3.8) is 0 Å². The van der Waals surface area contributed by atoms with Gasteiger partial charge in [0.15, 0.2) is 18.2 Å². The fourth-order valence-corrected chi connectivity index (χ4v) is 3.77. The molecule has 0 bridgehead atoms. The molecule has 0 saturated carbocycles. The van der Waals surface area contributed by atoms with Crippen LogP contribution < -0.4 is 0 Å². The first kappa shape index (κ1) is 19.1. The molecule has 6 nitrogen and oxygen atoms in total. The Morgan fingerprint density at radius 1 is 1.14 bits per heavy atom. The number of rotatable bonds is 6. The average molecular weight is 389 g/mol. The lowest BCUT2D eigenvalue weighted by molar-refractivity contribution is 0.0473. The highest BCUT2D eigenvalue weighted by Crippen LogP contribution is 2.24. The number of esters is 1. The zero-order valence-electron chi connectivity index (χ0n) is 16.6. The van der Waals surface area contributed by atoms with Crippen LogP contribution in [0.3, 0.4) is 0 Å². The van der Waals surface area contributed by atoms with Gasteiger partial charge >= 0.3 is 5.97 Å². The van der Waals surface area contributed by atoms with Gasteiger partial charge in [0.2, 0.25) is 0 Å². The first-order chi connectivity index (χ1) is 14.0. The van der Waals surface area contributed by atoms with Crippen LogP contribution in [0, 0.1) is 0 Å². The van der Waals surface area contributed by atoms with Crippen LogP contribution in [-0.2, 0) is 17.6 Å². The molecule has 1 aliphatic rings. The van der Waals surface area contributed by atoms with E-state index in [2.05, 4.69) is 10.1 Å². The quantitative estimate of drug-likeness (QED) is 0.472. The minimum Gasteiger partial charge on any atom is -0.454 e. The van der Waals surface area contributed by atoms with Crippen molar-refractivity contribution < 1.29 is 14.3 Å². The van der Waals surface area contributed by atoms with Gasteiger partial charge in [-0.25, -0.2) is 14.5 Å². The largest absolute Gasteiger partial charge is 0.454 e. The summed E-state index contributed by atoms with van der Waals surface area (Å²) in [5.41, 5.74) is 4.18. The summed E-state index contributed by atoms with van der Waals surface area (Å²) in [7, 11) is 0. The van der Waals surface area contributed by atoms with E-state index in [1.54, 1.807) is 10.9 Å². The third-order valence-electron chi connectivity index (χ3n) is 5.19. The first-order valence-electron chi connectivity index (χ1n) is 9.86. The number of carbonyl (C=O) groups excluding carboxylic acids is 2. The van der Waals surface area contributed by atoms with Crippen molar-refractivity contribution in [2.45, 2.75) is 39.0 Å². The summed E-state index contributed by atoms with van der Waals surface area (Å²) in [6, 6.07) is 11.3. The number of pyridine rings is 1. The van der Waals surface area contributed by atoms with Gasteiger partial charge in [-0.1, -0.05) is 32.0 Å². The Labute approximate surface area is 169 Å². The van der Waals surface area contributed by atoms with Crippen molar-refractivity contribution in [3.8, 4) is 5.82 Å².